The van der Waals surface area contributed by atoms with E-state index in [1.165, 1.54) is 12.1 Å². The number of hydrogen-bond acceptors (Lipinski definition) is 4. The molecule has 9 heteroatoms. The largest absolute Gasteiger partial charge is 0.363 e. The Labute approximate surface area is 152 Å². The van der Waals surface area contributed by atoms with Crippen LogP contribution in [-0.4, -0.2) is 42.0 Å². The quantitative estimate of drug-likeness (QED) is 0.552. The van der Waals surface area contributed by atoms with Crippen molar-refractivity contribution in [2.24, 2.45) is 12.2 Å². The minimum absolute atomic E-state index is 0.113. The van der Waals surface area contributed by atoms with Crippen LogP contribution >= 0.6 is 0 Å². The van der Waals surface area contributed by atoms with Crippen LogP contribution in [0.25, 0.3) is 0 Å². The number of aliphatic hydroxyl groups is 1. The zero-order chi connectivity index (χ0) is 18.7. The maximum absolute atomic E-state index is 11.4. The molecule has 2 aliphatic rings. The summed E-state index contributed by atoms with van der Waals surface area (Å²) in [5.41, 5.74) is 1.02. The van der Waals surface area contributed by atoms with Gasteiger partial charge < -0.3 is 5.11 Å². The van der Waals surface area contributed by atoms with Crippen molar-refractivity contribution in [3.05, 3.63) is 48.0 Å². The molecule has 4 rings (SSSR count). The molecule has 0 aliphatic carbocycles. The van der Waals surface area contributed by atoms with Crippen molar-refractivity contribution in [3.63, 3.8) is 0 Å². The number of aryl methyl sites for hydroxylation is 1. The van der Waals surface area contributed by atoms with Crippen molar-refractivity contribution in [3.8, 4) is 0 Å². The number of aromatic nitrogens is 2. The number of hydrogen-bond donors (Lipinski definition) is 2. The number of nitrogens with two attached hydrogens (primary N) is 1. The summed E-state index contributed by atoms with van der Waals surface area (Å²) in [4.78, 5) is 0.113. The molecule has 0 radical (unpaired) electrons. The zero-order valence-electron chi connectivity index (χ0n) is 14.9. The number of imidazole rings is 1. The lowest BCUT2D eigenvalue weighted by Crippen LogP contribution is -2.56. The molecule has 1 fully saturated rings. The fraction of sp³-hybridized carbons (Fsp3) is 0.471. The molecule has 0 amide bonds. The van der Waals surface area contributed by atoms with Crippen LogP contribution in [0.4, 0.5) is 0 Å². The van der Waals surface area contributed by atoms with Crippen molar-refractivity contribution in [2.45, 2.75) is 36.9 Å². The number of quaternary nitrogens is 1. The molecule has 1 saturated heterocycles. The van der Waals surface area contributed by atoms with Gasteiger partial charge in [-0.1, -0.05) is 12.1 Å². The lowest BCUT2D eigenvalue weighted by molar-refractivity contribution is -0.999. The van der Waals surface area contributed by atoms with Gasteiger partial charge in [-0.05, 0) is 17.7 Å². The van der Waals surface area contributed by atoms with E-state index in [4.69, 9.17) is 9.88 Å². The molecule has 0 bridgehead atoms. The maximum atomic E-state index is 11.4. The molecule has 140 valence electrons. The minimum atomic E-state index is -3.68. The van der Waals surface area contributed by atoms with E-state index in [9.17, 15) is 13.5 Å². The number of rotatable bonds is 4. The number of primary sulfonamides is 1. The fourth-order valence-electron chi connectivity index (χ4n) is 4.28. The molecular formula is C17H24N4O4S+2. The zero-order valence-corrected chi connectivity index (χ0v) is 15.7. The van der Waals surface area contributed by atoms with Gasteiger partial charge in [-0.2, -0.15) is 0 Å². The number of sulfonamides is 1. The van der Waals surface area contributed by atoms with Crippen LogP contribution in [-0.2, 0) is 40.6 Å². The molecule has 3 unspecified atom stereocenters. The molecule has 3 N–H and O–H groups in total. The minimum Gasteiger partial charge on any atom is -0.363 e. The van der Waals surface area contributed by atoms with E-state index in [0.29, 0.717) is 11.0 Å². The van der Waals surface area contributed by atoms with E-state index in [1.807, 2.05) is 26.4 Å². The molecule has 8 nitrogen and oxygen atoms in total. The number of benzene rings is 1. The van der Waals surface area contributed by atoms with Crippen LogP contribution < -0.4 is 9.71 Å². The number of fused-ring (bicyclic) bond motifs is 3. The molecule has 1 aromatic carbocycles. The summed E-state index contributed by atoms with van der Waals surface area (Å²) in [6, 6.07) is 6.65. The topological polar surface area (TPSA) is 98.4 Å². The highest BCUT2D eigenvalue weighted by molar-refractivity contribution is 7.89. The fourth-order valence-corrected chi connectivity index (χ4v) is 4.80. The molecule has 0 spiro atoms. The molecule has 3 atom stereocenters. The SMILES string of the molecule is C[n+]1ccn2c1C[N+]1(CCc3ccc(S(N)(=O)=O)cc3)CC(O)OC21C. The van der Waals surface area contributed by atoms with Crippen molar-refractivity contribution >= 4 is 10.0 Å². The van der Waals surface area contributed by atoms with Crippen LogP contribution in [0.3, 0.4) is 0 Å². The van der Waals surface area contributed by atoms with E-state index in [1.54, 1.807) is 12.1 Å². The second-order valence-corrected chi connectivity index (χ2v) is 8.91. The summed E-state index contributed by atoms with van der Waals surface area (Å²) >= 11 is 0. The third-order valence-corrected chi connectivity index (χ3v) is 6.77. The molecule has 1 aromatic heterocycles. The Hall–Kier alpha value is -1.78. The van der Waals surface area contributed by atoms with Crippen LogP contribution in [0.15, 0.2) is 41.6 Å². The lowest BCUT2D eigenvalue weighted by Gasteiger charge is -2.35. The molecule has 0 saturated carbocycles. The Bertz CT molecular complexity index is 956. The summed E-state index contributed by atoms with van der Waals surface area (Å²) in [6.07, 6.45) is 3.93. The Kier molecular flexibility index (Phi) is 3.80. The van der Waals surface area contributed by atoms with Crippen LogP contribution in [0.1, 0.15) is 18.3 Å². The van der Waals surface area contributed by atoms with Gasteiger partial charge in [-0.3, -0.25) is 4.74 Å². The normalized spacial score (nSPS) is 30.4. The highest BCUT2D eigenvalue weighted by atomic mass is 32.2. The first-order valence-electron chi connectivity index (χ1n) is 8.55. The Balaban J connectivity index is 1.59. The van der Waals surface area contributed by atoms with Gasteiger partial charge in [0.2, 0.25) is 16.3 Å². The number of ether oxygens (including phenoxy) is 1. The summed E-state index contributed by atoms with van der Waals surface area (Å²) in [5.74, 6) is 0.514. The van der Waals surface area contributed by atoms with Gasteiger partial charge in [0.05, 0.1) is 25.4 Å². The summed E-state index contributed by atoms with van der Waals surface area (Å²) in [7, 11) is -1.67. The first-order valence-corrected chi connectivity index (χ1v) is 10.1. The summed E-state index contributed by atoms with van der Waals surface area (Å²) in [5, 5.41) is 15.3. The number of nitrogens with zero attached hydrogens (tertiary/aromatic N) is 3. The van der Waals surface area contributed by atoms with Crippen LogP contribution in [0.2, 0.25) is 0 Å². The average molecular weight is 380 g/mol. The van der Waals surface area contributed by atoms with Gasteiger partial charge in [0, 0.05) is 6.42 Å². The van der Waals surface area contributed by atoms with E-state index < -0.39 is 22.2 Å². The molecule has 3 heterocycles. The van der Waals surface area contributed by atoms with E-state index in [0.717, 1.165) is 30.9 Å². The summed E-state index contributed by atoms with van der Waals surface area (Å²) < 4.78 is 33.5. The molecule has 2 aromatic rings. The van der Waals surface area contributed by atoms with Crippen LogP contribution in [0.5, 0.6) is 0 Å². The van der Waals surface area contributed by atoms with Gasteiger partial charge in [-0.25, -0.2) is 22.6 Å². The maximum Gasteiger partial charge on any atom is 0.356 e. The van der Waals surface area contributed by atoms with Gasteiger partial charge in [0.25, 0.3) is 0 Å². The first kappa shape index (κ1) is 17.6. The monoisotopic (exact) mass is 380 g/mol. The lowest BCUT2D eigenvalue weighted by atomic mass is 10.1. The van der Waals surface area contributed by atoms with Crippen molar-refractivity contribution < 1.29 is 27.3 Å². The second-order valence-electron chi connectivity index (χ2n) is 7.35. The van der Waals surface area contributed by atoms with E-state index in [-0.39, 0.29) is 4.90 Å². The molecule has 2 aliphatic heterocycles. The standard InChI is InChI=1S/C17H24N4O4S/c1-17-20-9-8-19(2)15(20)11-21(17,12-16(22)25-17)10-7-13-3-5-14(6-4-13)26(18,23)24/h3-6,8-9,16,22H,7,10-12H2,1-2H3,(H2,18,23,24)/q+2. The first-order chi connectivity index (χ1) is 12.1. The number of aliphatic hydroxyl groups excluding tert-OH is 1. The van der Waals surface area contributed by atoms with E-state index in [2.05, 4.69) is 9.13 Å². The van der Waals surface area contributed by atoms with Gasteiger partial charge in [0.15, 0.2) is 6.54 Å². The Morgan fingerprint density at radius 3 is 2.77 bits per heavy atom. The van der Waals surface area contributed by atoms with Crippen LogP contribution in [0, 0.1) is 0 Å². The Morgan fingerprint density at radius 1 is 1.42 bits per heavy atom. The predicted molar refractivity (Wildman–Crippen MR) is 91.6 cm³/mol. The highest BCUT2D eigenvalue weighted by Crippen LogP contribution is 2.45. The summed E-state index contributed by atoms with van der Waals surface area (Å²) in [6.45, 7) is 4.08. The van der Waals surface area contributed by atoms with Crippen molar-refractivity contribution in [1.82, 2.24) is 4.57 Å². The Morgan fingerprint density at radius 2 is 2.12 bits per heavy atom. The third-order valence-electron chi connectivity index (χ3n) is 5.84. The predicted octanol–water partition coefficient (Wildman–Crippen LogP) is -0.488. The molecule has 26 heavy (non-hydrogen) atoms. The van der Waals surface area contributed by atoms with Crippen molar-refractivity contribution in [2.75, 3.05) is 13.1 Å². The smallest absolute Gasteiger partial charge is 0.356 e. The molecular weight excluding hydrogens is 356 g/mol. The highest BCUT2D eigenvalue weighted by Gasteiger charge is 2.68. The second kappa shape index (κ2) is 5.61. The van der Waals surface area contributed by atoms with Gasteiger partial charge in [-0.15, -0.1) is 4.57 Å². The van der Waals surface area contributed by atoms with E-state index >= 15 is 0 Å². The van der Waals surface area contributed by atoms with Crippen molar-refractivity contribution in [1.29, 1.82) is 0 Å². The average Bonchev–Trinajstić information content (AvgIpc) is 3.11. The third kappa shape index (κ3) is 2.50. The van der Waals surface area contributed by atoms with Gasteiger partial charge in [0.1, 0.15) is 18.9 Å². The van der Waals surface area contributed by atoms with Gasteiger partial charge >= 0.3 is 11.7 Å².